The van der Waals surface area contributed by atoms with Crippen molar-refractivity contribution >= 4 is 33.6 Å². The summed E-state index contributed by atoms with van der Waals surface area (Å²) in [6, 6.07) is 5.03. The van der Waals surface area contributed by atoms with Crippen molar-refractivity contribution < 1.29 is 8.95 Å². The summed E-state index contributed by atoms with van der Waals surface area (Å²) in [6.45, 7) is 7.61. The molecule has 0 fully saturated rings. The highest BCUT2D eigenvalue weighted by Crippen LogP contribution is 2.26. The quantitative estimate of drug-likeness (QED) is 0.925. The zero-order valence-electron chi connectivity index (χ0n) is 13.3. The summed E-state index contributed by atoms with van der Waals surface area (Å²) in [5.74, 6) is 0.417. The van der Waals surface area contributed by atoms with E-state index in [0.29, 0.717) is 27.6 Å². The smallest absolute Gasteiger partial charge is 0.237 e. The van der Waals surface area contributed by atoms with Crippen molar-refractivity contribution in [3.8, 4) is 5.88 Å². The first kappa shape index (κ1) is 17.1. The van der Waals surface area contributed by atoms with Crippen LogP contribution in [0.15, 0.2) is 18.2 Å². The Balaban J connectivity index is 2.42. The van der Waals surface area contributed by atoms with E-state index in [0.717, 1.165) is 0 Å². The highest BCUT2D eigenvalue weighted by molar-refractivity contribution is 7.84. The Morgan fingerprint density at radius 1 is 1.27 bits per heavy atom. The summed E-state index contributed by atoms with van der Waals surface area (Å²) in [6.07, 6.45) is 0. The molecule has 1 N–H and O–H groups in total. The molecule has 0 unspecified atom stereocenters. The van der Waals surface area contributed by atoms with Crippen molar-refractivity contribution in [1.82, 2.24) is 14.7 Å². The van der Waals surface area contributed by atoms with E-state index in [1.54, 1.807) is 25.3 Å². The molecule has 2 aromatic rings. The fraction of sp³-hybridized carbons (Fsp3) is 0.467. The molecule has 0 bridgehead atoms. The minimum atomic E-state index is -1.22. The summed E-state index contributed by atoms with van der Waals surface area (Å²) in [5.41, 5.74) is 1.99. The molecule has 0 aliphatic rings. The molecule has 7 heteroatoms. The Kier molecular flexibility index (Phi) is 5.04. The predicted molar refractivity (Wildman–Crippen MR) is 90.5 cm³/mol. The Hall–Kier alpha value is -1.24. The van der Waals surface area contributed by atoms with Crippen LogP contribution in [0.2, 0.25) is 5.02 Å². The van der Waals surface area contributed by atoms with E-state index in [9.17, 15) is 4.21 Å². The molecule has 1 heterocycles. The minimum Gasteiger partial charge on any atom is -0.480 e. The molecule has 0 amide bonds. The van der Waals surface area contributed by atoms with E-state index >= 15 is 0 Å². The van der Waals surface area contributed by atoms with Crippen LogP contribution in [0.25, 0.3) is 11.0 Å². The van der Waals surface area contributed by atoms with Crippen LogP contribution in [-0.2, 0) is 11.0 Å². The highest BCUT2D eigenvalue weighted by Gasteiger charge is 2.24. The van der Waals surface area contributed by atoms with Gasteiger partial charge in [-0.15, -0.1) is 0 Å². The number of ether oxygens (including phenoxy) is 1. The summed E-state index contributed by atoms with van der Waals surface area (Å²) in [4.78, 5) is 9.02. The van der Waals surface area contributed by atoms with Crippen LogP contribution < -0.4 is 9.46 Å². The van der Waals surface area contributed by atoms with Gasteiger partial charge in [0.2, 0.25) is 5.88 Å². The number of methoxy groups -OCH3 is 1. The maximum atomic E-state index is 12.3. The van der Waals surface area contributed by atoms with E-state index in [-0.39, 0.29) is 10.8 Å². The zero-order valence-corrected chi connectivity index (χ0v) is 14.9. The van der Waals surface area contributed by atoms with Gasteiger partial charge in [-0.1, -0.05) is 11.6 Å². The van der Waals surface area contributed by atoms with E-state index in [4.69, 9.17) is 16.3 Å². The second kappa shape index (κ2) is 6.48. The molecule has 2 atom stereocenters. The van der Waals surface area contributed by atoms with Crippen LogP contribution in [0, 0.1) is 0 Å². The van der Waals surface area contributed by atoms with Gasteiger partial charge in [0, 0.05) is 5.02 Å². The average Bonchev–Trinajstić information content (AvgIpc) is 2.44. The molecule has 0 saturated heterocycles. The summed E-state index contributed by atoms with van der Waals surface area (Å²) in [5, 5.41) is 0.594. The number of halogens is 1. The van der Waals surface area contributed by atoms with Crippen LogP contribution >= 0.6 is 11.6 Å². The van der Waals surface area contributed by atoms with Gasteiger partial charge in [-0.3, -0.25) is 0 Å². The normalized spacial score (nSPS) is 14.8. The number of hydrogen-bond acceptors (Lipinski definition) is 4. The maximum absolute atomic E-state index is 12.3. The number of nitrogens with one attached hydrogen (secondary N) is 1. The molecular weight excluding hydrogens is 322 g/mol. The van der Waals surface area contributed by atoms with Gasteiger partial charge in [-0.05, 0) is 45.9 Å². The first-order valence-corrected chi connectivity index (χ1v) is 8.44. The second-order valence-corrected chi connectivity index (χ2v) is 8.41. The third-order valence-electron chi connectivity index (χ3n) is 3.06. The van der Waals surface area contributed by atoms with Crippen LogP contribution in [0.5, 0.6) is 5.88 Å². The Bertz CT molecular complexity index is 716. The minimum absolute atomic E-state index is 0.272. The third kappa shape index (κ3) is 3.74. The lowest BCUT2D eigenvalue weighted by Crippen LogP contribution is -2.35. The topological polar surface area (TPSA) is 64.1 Å². The monoisotopic (exact) mass is 341 g/mol. The number of benzene rings is 1. The standard InChI is InChI=1S/C15H20ClN3O2S/c1-9(19-22(20)15(2,3)4)13-14(21-5)18-11-7-6-10(16)8-12(11)17-13/h6-9,19H,1-5H3/t9-,22+/m0/s1. The molecule has 1 aromatic heterocycles. The molecule has 1 aromatic carbocycles. The summed E-state index contributed by atoms with van der Waals surface area (Å²) >= 11 is 6.01. The second-order valence-electron chi connectivity index (χ2n) is 5.97. The number of nitrogens with zero attached hydrogens (tertiary/aromatic N) is 2. The molecule has 5 nitrogen and oxygen atoms in total. The predicted octanol–water partition coefficient (Wildman–Crippen LogP) is 3.40. The van der Waals surface area contributed by atoms with Crippen molar-refractivity contribution in [1.29, 1.82) is 0 Å². The third-order valence-corrected chi connectivity index (χ3v) is 4.98. The Labute approximate surface area is 138 Å². The van der Waals surface area contributed by atoms with E-state index in [1.807, 2.05) is 27.7 Å². The van der Waals surface area contributed by atoms with Gasteiger partial charge in [0.1, 0.15) is 5.69 Å². The highest BCUT2D eigenvalue weighted by atomic mass is 35.5. The molecule has 0 aliphatic carbocycles. The van der Waals surface area contributed by atoms with E-state index in [1.165, 1.54) is 0 Å². The van der Waals surface area contributed by atoms with Gasteiger partial charge < -0.3 is 4.74 Å². The lowest BCUT2D eigenvalue weighted by molar-refractivity contribution is 0.386. The molecule has 0 aliphatic heterocycles. The van der Waals surface area contributed by atoms with Gasteiger partial charge in [-0.2, -0.15) is 0 Å². The largest absolute Gasteiger partial charge is 0.480 e. The van der Waals surface area contributed by atoms with Crippen molar-refractivity contribution in [2.45, 2.75) is 38.5 Å². The average molecular weight is 342 g/mol. The lowest BCUT2D eigenvalue weighted by atomic mass is 10.2. The first-order valence-electron chi connectivity index (χ1n) is 6.91. The van der Waals surface area contributed by atoms with Crippen LogP contribution in [0.1, 0.15) is 39.4 Å². The van der Waals surface area contributed by atoms with Crippen LogP contribution in [0.3, 0.4) is 0 Å². The van der Waals surface area contributed by atoms with E-state index in [2.05, 4.69) is 14.7 Å². The van der Waals surface area contributed by atoms with E-state index < -0.39 is 11.0 Å². The van der Waals surface area contributed by atoms with Gasteiger partial charge in [0.15, 0.2) is 0 Å². The number of fused-ring (bicyclic) bond motifs is 1. The number of aromatic nitrogens is 2. The van der Waals surface area contributed by atoms with Gasteiger partial charge in [0.05, 0.1) is 39.9 Å². The van der Waals surface area contributed by atoms with Gasteiger partial charge in [0.25, 0.3) is 0 Å². The molecule has 0 saturated carbocycles. The fourth-order valence-corrected chi connectivity index (χ4v) is 2.80. The number of rotatable bonds is 4. The number of hydrogen-bond donors (Lipinski definition) is 1. The van der Waals surface area contributed by atoms with Crippen LogP contribution in [-0.4, -0.2) is 26.0 Å². The van der Waals surface area contributed by atoms with Crippen LogP contribution in [0.4, 0.5) is 0 Å². The molecule has 2 rings (SSSR count). The van der Waals surface area contributed by atoms with Gasteiger partial charge >= 0.3 is 0 Å². The molecule has 120 valence electrons. The maximum Gasteiger partial charge on any atom is 0.237 e. The Morgan fingerprint density at radius 2 is 1.95 bits per heavy atom. The zero-order chi connectivity index (χ0) is 16.5. The molecular formula is C15H20ClN3O2S. The molecule has 22 heavy (non-hydrogen) atoms. The lowest BCUT2D eigenvalue weighted by Gasteiger charge is -2.22. The first-order chi connectivity index (χ1) is 10.2. The van der Waals surface area contributed by atoms with Gasteiger partial charge in [-0.25, -0.2) is 18.9 Å². The molecule has 0 radical (unpaired) electrons. The summed E-state index contributed by atoms with van der Waals surface area (Å²) < 4.78 is 20.3. The van der Waals surface area contributed by atoms with Crippen molar-refractivity contribution in [2.24, 2.45) is 0 Å². The Morgan fingerprint density at radius 3 is 2.55 bits per heavy atom. The molecule has 0 spiro atoms. The van der Waals surface area contributed by atoms with Crippen molar-refractivity contribution in [3.05, 3.63) is 28.9 Å². The SMILES string of the molecule is COc1nc2ccc(Cl)cc2nc1[C@H](C)N[S@](=O)C(C)(C)C. The van der Waals surface area contributed by atoms with Crippen molar-refractivity contribution in [3.63, 3.8) is 0 Å². The summed E-state index contributed by atoms with van der Waals surface area (Å²) in [7, 11) is 0.329. The fourth-order valence-electron chi connectivity index (χ4n) is 1.85. The van der Waals surface area contributed by atoms with Crippen molar-refractivity contribution in [2.75, 3.05) is 7.11 Å².